The Hall–Kier alpha value is -0.850. The molecule has 0 amide bonds. The van der Waals surface area contributed by atoms with E-state index in [9.17, 15) is 22.2 Å². The molecule has 7 heteroatoms. The van der Waals surface area contributed by atoms with E-state index in [0.717, 1.165) is 0 Å². The standard InChI is InChI=1S/C8H12F3NO2S/c1-4-6(12-15(2,3)14)5-7(13)8(9,10)11/h5H,4H2,1-3H3/b6-5+. The van der Waals surface area contributed by atoms with Crippen molar-refractivity contribution in [2.45, 2.75) is 19.5 Å². The highest BCUT2D eigenvalue weighted by Gasteiger charge is 2.36. The Bertz CT molecular complexity index is 381. The number of hydrogen-bond donors (Lipinski definition) is 0. The van der Waals surface area contributed by atoms with Gasteiger partial charge in [-0.25, -0.2) is 8.57 Å². The third-order valence-electron chi connectivity index (χ3n) is 1.28. The van der Waals surface area contributed by atoms with Crippen LogP contribution in [-0.4, -0.2) is 28.7 Å². The molecule has 0 bridgehead atoms. The topological polar surface area (TPSA) is 46.5 Å². The van der Waals surface area contributed by atoms with E-state index in [4.69, 9.17) is 0 Å². The van der Waals surface area contributed by atoms with E-state index < -0.39 is 21.7 Å². The summed E-state index contributed by atoms with van der Waals surface area (Å²) in [5.74, 6) is -1.98. The van der Waals surface area contributed by atoms with Gasteiger partial charge < -0.3 is 0 Å². The summed E-state index contributed by atoms with van der Waals surface area (Å²) in [5, 5.41) is 0. The Kier molecular flexibility index (Phi) is 4.51. The molecular weight excluding hydrogens is 231 g/mol. The van der Waals surface area contributed by atoms with Gasteiger partial charge in [-0.3, -0.25) is 4.79 Å². The molecule has 0 atom stereocenters. The Balaban J connectivity index is 5.11. The first-order valence-corrected chi connectivity index (χ1v) is 6.38. The monoisotopic (exact) mass is 243 g/mol. The molecule has 0 aliphatic heterocycles. The lowest BCUT2D eigenvalue weighted by Crippen LogP contribution is -2.20. The van der Waals surface area contributed by atoms with E-state index >= 15 is 0 Å². The molecule has 0 aromatic heterocycles. The predicted molar refractivity (Wildman–Crippen MR) is 51.9 cm³/mol. The molecule has 0 aliphatic carbocycles. The third-order valence-corrected chi connectivity index (χ3v) is 1.95. The normalized spacial score (nSPS) is 13.9. The quantitative estimate of drug-likeness (QED) is 0.713. The molecule has 0 spiro atoms. The zero-order chi connectivity index (χ0) is 12.3. The van der Waals surface area contributed by atoms with E-state index in [0.29, 0.717) is 6.08 Å². The van der Waals surface area contributed by atoms with Gasteiger partial charge in [0.25, 0.3) is 5.78 Å². The molecule has 0 fully saturated rings. The third kappa shape index (κ3) is 6.27. The number of alkyl halides is 3. The molecule has 15 heavy (non-hydrogen) atoms. The van der Waals surface area contributed by atoms with Gasteiger partial charge in [0, 0.05) is 28.3 Å². The predicted octanol–water partition coefficient (Wildman–Crippen LogP) is 2.14. The van der Waals surface area contributed by atoms with Crippen LogP contribution in [0.25, 0.3) is 0 Å². The van der Waals surface area contributed by atoms with Crippen molar-refractivity contribution in [2.24, 2.45) is 4.36 Å². The van der Waals surface area contributed by atoms with Gasteiger partial charge in [0.15, 0.2) is 0 Å². The number of carbonyl (C=O) groups is 1. The van der Waals surface area contributed by atoms with Crippen molar-refractivity contribution in [2.75, 3.05) is 12.5 Å². The van der Waals surface area contributed by atoms with Gasteiger partial charge in [0.05, 0.1) is 5.70 Å². The fraction of sp³-hybridized carbons (Fsp3) is 0.625. The molecule has 0 rings (SSSR count). The minimum atomic E-state index is -4.90. The van der Waals surface area contributed by atoms with Crippen LogP contribution in [0.3, 0.4) is 0 Å². The van der Waals surface area contributed by atoms with Gasteiger partial charge >= 0.3 is 6.18 Å². The lowest BCUT2D eigenvalue weighted by Gasteiger charge is -2.02. The van der Waals surface area contributed by atoms with Crippen molar-refractivity contribution in [3.05, 3.63) is 11.8 Å². The molecule has 0 N–H and O–H groups in total. The molecule has 0 aromatic carbocycles. The largest absolute Gasteiger partial charge is 0.454 e. The molecule has 0 radical (unpaired) electrons. The summed E-state index contributed by atoms with van der Waals surface area (Å²) in [7, 11) is -2.54. The zero-order valence-electron chi connectivity index (χ0n) is 8.59. The highest BCUT2D eigenvalue weighted by Crippen LogP contribution is 2.18. The summed E-state index contributed by atoms with van der Waals surface area (Å²) in [6.07, 6.45) is -1.82. The Labute approximate surface area is 86.5 Å². The van der Waals surface area contributed by atoms with Crippen molar-refractivity contribution in [3.8, 4) is 0 Å². The maximum Gasteiger partial charge on any atom is 0.454 e. The second kappa shape index (κ2) is 4.78. The van der Waals surface area contributed by atoms with Crippen LogP contribution in [0.15, 0.2) is 16.1 Å². The highest BCUT2D eigenvalue weighted by molar-refractivity contribution is 7.92. The van der Waals surface area contributed by atoms with E-state index in [1.165, 1.54) is 19.4 Å². The van der Waals surface area contributed by atoms with Crippen molar-refractivity contribution >= 4 is 15.5 Å². The maximum atomic E-state index is 11.9. The second-order valence-corrected chi connectivity index (χ2v) is 5.67. The van der Waals surface area contributed by atoms with Crippen LogP contribution in [0.4, 0.5) is 13.2 Å². The SMILES string of the molecule is CC/C(=C\C(=O)C(F)(F)F)N=S(C)(C)=O. The smallest absolute Gasteiger partial charge is 0.285 e. The fourth-order valence-corrected chi connectivity index (χ4v) is 1.46. The first-order chi connectivity index (χ1) is 6.56. The zero-order valence-corrected chi connectivity index (χ0v) is 9.41. The average molecular weight is 243 g/mol. The number of rotatable bonds is 3. The minimum absolute atomic E-state index is 0.104. The Morgan fingerprint density at radius 3 is 2.13 bits per heavy atom. The van der Waals surface area contributed by atoms with Gasteiger partial charge in [-0.1, -0.05) is 6.92 Å². The van der Waals surface area contributed by atoms with Gasteiger partial charge in [0.2, 0.25) is 0 Å². The van der Waals surface area contributed by atoms with Crippen LogP contribution in [0.1, 0.15) is 13.3 Å². The van der Waals surface area contributed by atoms with Gasteiger partial charge in [0.1, 0.15) is 0 Å². The lowest BCUT2D eigenvalue weighted by molar-refractivity contribution is -0.165. The van der Waals surface area contributed by atoms with Crippen molar-refractivity contribution in [1.29, 1.82) is 0 Å². The Morgan fingerprint density at radius 1 is 1.40 bits per heavy atom. The first kappa shape index (κ1) is 14.2. The van der Waals surface area contributed by atoms with E-state index in [2.05, 4.69) is 4.36 Å². The average Bonchev–Trinajstić information content (AvgIpc) is 1.98. The van der Waals surface area contributed by atoms with E-state index in [1.54, 1.807) is 0 Å². The first-order valence-electron chi connectivity index (χ1n) is 4.05. The number of nitrogens with zero attached hydrogens (tertiary/aromatic N) is 1. The molecule has 3 nitrogen and oxygen atoms in total. The molecule has 88 valence electrons. The van der Waals surface area contributed by atoms with Gasteiger partial charge in [-0.15, -0.1) is 0 Å². The molecule has 0 aliphatic rings. The summed E-state index contributed by atoms with van der Waals surface area (Å²) >= 11 is 0. The van der Waals surface area contributed by atoms with E-state index in [1.807, 2.05) is 0 Å². The van der Waals surface area contributed by atoms with Crippen LogP contribution >= 0.6 is 0 Å². The lowest BCUT2D eigenvalue weighted by atomic mass is 10.2. The summed E-state index contributed by atoms with van der Waals surface area (Å²) < 4.78 is 50.4. The molecule has 0 aromatic rings. The summed E-state index contributed by atoms with van der Waals surface area (Å²) in [6, 6.07) is 0. The molecule has 0 saturated heterocycles. The molecular formula is C8H12F3NO2S. The minimum Gasteiger partial charge on any atom is -0.285 e. The highest BCUT2D eigenvalue weighted by atomic mass is 32.2. The number of halogens is 3. The number of hydrogen-bond acceptors (Lipinski definition) is 3. The van der Waals surface area contributed by atoms with Crippen LogP contribution in [0, 0.1) is 0 Å². The molecule has 0 heterocycles. The fourth-order valence-electron chi connectivity index (χ4n) is 0.708. The van der Waals surface area contributed by atoms with Crippen LogP contribution in [0.2, 0.25) is 0 Å². The van der Waals surface area contributed by atoms with Crippen LogP contribution < -0.4 is 0 Å². The number of ketones is 1. The molecule has 0 unspecified atom stereocenters. The van der Waals surface area contributed by atoms with E-state index in [-0.39, 0.29) is 12.1 Å². The Morgan fingerprint density at radius 2 is 1.87 bits per heavy atom. The van der Waals surface area contributed by atoms with Gasteiger partial charge in [-0.2, -0.15) is 13.2 Å². The summed E-state index contributed by atoms with van der Waals surface area (Å²) in [6.45, 7) is 1.53. The molecule has 0 saturated carbocycles. The van der Waals surface area contributed by atoms with Crippen molar-refractivity contribution in [1.82, 2.24) is 0 Å². The summed E-state index contributed by atoms with van der Waals surface area (Å²) in [5.41, 5.74) is -0.104. The van der Waals surface area contributed by atoms with Crippen LogP contribution in [-0.2, 0) is 14.5 Å². The maximum absolute atomic E-state index is 11.9. The van der Waals surface area contributed by atoms with Crippen molar-refractivity contribution < 1.29 is 22.2 Å². The summed E-state index contributed by atoms with van der Waals surface area (Å²) in [4.78, 5) is 10.6. The van der Waals surface area contributed by atoms with Gasteiger partial charge in [-0.05, 0) is 6.42 Å². The number of carbonyl (C=O) groups excluding carboxylic acids is 1. The van der Waals surface area contributed by atoms with Crippen LogP contribution in [0.5, 0.6) is 0 Å². The van der Waals surface area contributed by atoms with Crippen molar-refractivity contribution in [3.63, 3.8) is 0 Å². The number of allylic oxidation sites excluding steroid dienone is 2. The second-order valence-electron chi connectivity index (χ2n) is 3.12.